The van der Waals surface area contributed by atoms with E-state index in [1.165, 1.54) is 92.8 Å². The lowest BCUT2D eigenvalue weighted by Gasteiger charge is -2.15. The van der Waals surface area contributed by atoms with Crippen LogP contribution in [-0.4, -0.2) is 23.7 Å². The van der Waals surface area contributed by atoms with Gasteiger partial charge in [0.2, 0.25) is 5.95 Å². The van der Waals surface area contributed by atoms with Crippen LogP contribution in [0.25, 0.3) is 144 Å². The van der Waals surface area contributed by atoms with Crippen LogP contribution in [0.4, 0.5) is 0 Å². The highest BCUT2D eigenvalue weighted by atomic mass is 32.1. The minimum Gasteiger partial charge on any atom is -0.294 e. The van der Waals surface area contributed by atoms with Gasteiger partial charge in [0.05, 0.1) is 33.1 Å². The average Bonchev–Trinajstić information content (AvgIpc) is 4.20. The molecular weight excluding hydrogens is 863 g/mol. The van der Waals surface area contributed by atoms with Gasteiger partial charge in [-0.05, 0) is 72.8 Å². The Bertz CT molecular complexity index is 4290. The van der Waals surface area contributed by atoms with Crippen LogP contribution in [0.3, 0.4) is 0 Å². The largest absolute Gasteiger partial charge is 0.294 e. The molecule has 7 aromatic heterocycles. The van der Waals surface area contributed by atoms with Crippen LogP contribution in [0.1, 0.15) is 0 Å². The summed E-state index contributed by atoms with van der Waals surface area (Å²) in [5, 5.41) is 14.9. The number of fused-ring (bicyclic) bond motifs is 18. The van der Waals surface area contributed by atoms with Gasteiger partial charge in [-0.1, -0.05) is 109 Å². The van der Waals surface area contributed by atoms with Crippen molar-refractivity contribution < 1.29 is 0 Å². The molecule has 0 saturated carbocycles. The fourth-order valence-electron chi connectivity index (χ4n) is 11.0. The second-order valence-corrected chi connectivity index (χ2v) is 20.6. The minimum atomic E-state index is 0.622. The van der Waals surface area contributed by atoms with Gasteiger partial charge in [-0.15, -0.1) is 34.0 Å². The van der Waals surface area contributed by atoms with E-state index in [-0.39, 0.29) is 0 Å². The molecule has 0 radical (unpaired) electrons. The molecule has 0 N–H and O–H groups in total. The van der Waals surface area contributed by atoms with Gasteiger partial charge in [0, 0.05) is 98.9 Å². The van der Waals surface area contributed by atoms with E-state index in [2.05, 4.69) is 202 Å². The molecule has 0 aliphatic heterocycles. The van der Waals surface area contributed by atoms with Crippen molar-refractivity contribution in [3.8, 4) is 17.6 Å². The zero-order valence-electron chi connectivity index (χ0n) is 34.9. The third kappa shape index (κ3) is 4.72. The number of benzene rings is 9. The molecule has 16 rings (SSSR count). The summed E-state index contributed by atoms with van der Waals surface area (Å²) in [6.45, 7) is 0. The molecule has 16 aromatic rings. The standard InChI is InChI=1S/C58H31N5S3/c1-7-19-44-32(13-1)38-25-41-35-16-4-10-22-50(35)64-53(41)28-47(38)61(44)56-31-57(62-45-20-8-2-14-33(45)39-26-42-36-17-5-11-23-51(36)65-54(42)29-48(39)62)60-58(59-56)63-46-21-9-3-15-34(46)40-27-43-37-18-6-12-24-52(37)66-55(43)30-49(40)63/h1-31H. The maximum absolute atomic E-state index is 5.72. The van der Waals surface area contributed by atoms with Crippen LogP contribution < -0.4 is 0 Å². The van der Waals surface area contributed by atoms with E-state index in [1.807, 2.05) is 34.0 Å². The van der Waals surface area contributed by atoms with Crippen molar-refractivity contribution in [2.75, 3.05) is 0 Å². The Kier molecular flexibility index (Phi) is 6.93. The number of rotatable bonds is 3. The quantitative estimate of drug-likeness (QED) is 0.177. The van der Waals surface area contributed by atoms with Crippen LogP contribution in [-0.2, 0) is 0 Å². The van der Waals surface area contributed by atoms with Crippen LogP contribution in [0.5, 0.6) is 0 Å². The first-order valence-corrected chi connectivity index (χ1v) is 24.6. The van der Waals surface area contributed by atoms with Crippen molar-refractivity contribution in [3.63, 3.8) is 0 Å². The summed E-state index contributed by atoms with van der Waals surface area (Å²) in [5.74, 6) is 2.24. The topological polar surface area (TPSA) is 40.6 Å². The Morgan fingerprint density at radius 1 is 0.242 bits per heavy atom. The van der Waals surface area contributed by atoms with Crippen LogP contribution >= 0.6 is 34.0 Å². The Hall–Kier alpha value is -7.88. The number of nitrogens with zero attached hydrogens (tertiary/aromatic N) is 5. The molecule has 5 nitrogen and oxygen atoms in total. The Morgan fingerprint density at radius 2 is 0.561 bits per heavy atom. The van der Waals surface area contributed by atoms with E-state index >= 15 is 0 Å². The lowest BCUT2D eigenvalue weighted by atomic mass is 10.1. The smallest absolute Gasteiger partial charge is 0.238 e. The van der Waals surface area contributed by atoms with Crippen molar-refractivity contribution in [1.82, 2.24) is 23.7 Å². The Morgan fingerprint density at radius 3 is 0.955 bits per heavy atom. The molecule has 306 valence electrons. The molecule has 0 aliphatic carbocycles. The summed E-state index contributed by atoms with van der Waals surface area (Å²) >= 11 is 5.54. The van der Waals surface area contributed by atoms with Gasteiger partial charge in [0.25, 0.3) is 0 Å². The third-order valence-electron chi connectivity index (χ3n) is 13.9. The van der Waals surface area contributed by atoms with Gasteiger partial charge in [-0.25, -0.2) is 0 Å². The molecule has 9 aromatic carbocycles. The summed E-state index contributed by atoms with van der Waals surface area (Å²) in [5.41, 5.74) is 6.60. The second kappa shape index (κ2) is 12.9. The zero-order valence-corrected chi connectivity index (χ0v) is 37.3. The van der Waals surface area contributed by atoms with E-state index in [0.717, 1.165) is 44.7 Å². The summed E-state index contributed by atoms with van der Waals surface area (Å²) in [7, 11) is 0. The van der Waals surface area contributed by atoms with Crippen molar-refractivity contribution in [2.45, 2.75) is 0 Å². The van der Waals surface area contributed by atoms with Crippen LogP contribution in [0.2, 0.25) is 0 Å². The van der Waals surface area contributed by atoms with Gasteiger partial charge in [-0.3, -0.25) is 13.7 Å². The van der Waals surface area contributed by atoms with Crippen molar-refractivity contribution in [2.24, 2.45) is 0 Å². The highest BCUT2D eigenvalue weighted by Crippen LogP contribution is 2.45. The van der Waals surface area contributed by atoms with E-state index in [0.29, 0.717) is 5.95 Å². The van der Waals surface area contributed by atoms with Crippen molar-refractivity contribution in [3.05, 3.63) is 188 Å². The molecule has 0 amide bonds. The molecule has 0 aliphatic rings. The summed E-state index contributed by atoms with van der Waals surface area (Å²) in [4.78, 5) is 11.4. The number of hydrogen-bond acceptors (Lipinski definition) is 5. The Labute approximate surface area is 386 Å². The zero-order chi connectivity index (χ0) is 42.8. The van der Waals surface area contributed by atoms with E-state index in [1.54, 1.807) is 0 Å². The third-order valence-corrected chi connectivity index (χ3v) is 17.3. The summed E-state index contributed by atoms with van der Waals surface area (Å²) < 4.78 is 14.7. The first-order chi connectivity index (χ1) is 32.7. The highest BCUT2D eigenvalue weighted by molar-refractivity contribution is 7.26. The lowest BCUT2D eigenvalue weighted by molar-refractivity contribution is 0.919. The number of thiophene rings is 3. The normalized spacial score (nSPS) is 12.5. The van der Waals surface area contributed by atoms with Crippen molar-refractivity contribution in [1.29, 1.82) is 0 Å². The van der Waals surface area contributed by atoms with Gasteiger partial charge >= 0.3 is 0 Å². The number of para-hydroxylation sites is 3. The summed E-state index contributed by atoms with van der Waals surface area (Å²) in [6, 6.07) is 69.1. The van der Waals surface area contributed by atoms with Gasteiger partial charge < -0.3 is 0 Å². The second-order valence-electron chi connectivity index (χ2n) is 17.3. The lowest BCUT2D eigenvalue weighted by Crippen LogP contribution is -2.10. The Balaban J connectivity index is 1.06. The predicted molar refractivity (Wildman–Crippen MR) is 284 cm³/mol. The minimum absolute atomic E-state index is 0.622. The molecule has 66 heavy (non-hydrogen) atoms. The molecule has 8 heteroatoms. The maximum atomic E-state index is 5.72. The molecule has 0 fully saturated rings. The predicted octanol–water partition coefficient (Wildman–Crippen LogP) is 16.9. The molecule has 0 atom stereocenters. The van der Waals surface area contributed by atoms with Crippen LogP contribution in [0.15, 0.2) is 188 Å². The van der Waals surface area contributed by atoms with Crippen LogP contribution in [0, 0.1) is 0 Å². The van der Waals surface area contributed by atoms with E-state index in [4.69, 9.17) is 9.97 Å². The van der Waals surface area contributed by atoms with E-state index in [9.17, 15) is 0 Å². The first-order valence-electron chi connectivity index (χ1n) is 22.1. The molecule has 0 bridgehead atoms. The SMILES string of the molecule is c1ccc2c(c1)sc1cc3c(cc12)c1ccccc1n3-c1cc(-n2c3ccccc3c3cc4c(cc32)sc2ccccc24)nc(-n2c3ccccc3c3cc4c(cc32)sc2ccccc24)n1. The highest BCUT2D eigenvalue weighted by Gasteiger charge is 2.24. The molecule has 0 unspecified atom stereocenters. The average molecular weight is 894 g/mol. The van der Waals surface area contributed by atoms with E-state index < -0.39 is 0 Å². The molecule has 7 heterocycles. The molecule has 0 spiro atoms. The van der Waals surface area contributed by atoms with Crippen molar-refractivity contribution >= 4 is 160 Å². The molecular formula is C58H31N5S3. The number of aromatic nitrogens is 5. The van der Waals surface area contributed by atoms with Gasteiger partial charge in [-0.2, -0.15) is 9.97 Å². The van der Waals surface area contributed by atoms with Gasteiger partial charge in [0.1, 0.15) is 11.6 Å². The fourth-order valence-corrected chi connectivity index (χ4v) is 14.4. The fraction of sp³-hybridized carbons (Fsp3) is 0. The monoisotopic (exact) mass is 893 g/mol. The molecule has 0 saturated heterocycles. The maximum Gasteiger partial charge on any atom is 0.238 e. The summed E-state index contributed by atoms with van der Waals surface area (Å²) in [6.07, 6.45) is 0. The van der Waals surface area contributed by atoms with Gasteiger partial charge in [0.15, 0.2) is 0 Å². The first kappa shape index (κ1) is 35.5. The number of hydrogen-bond donors (Lipinski definition) is 0.